The van der Waals surface area contributed by atoms with Gasteiger partial charge >= 0.3 is 6.09 Å². The zero-order valence-corrected chi connectivity index (χ0v) is 21.6. The van der Waals surface area contributed by atoms with Gasteiger partial charge in [0, 0.05) is 50.3 Å². The Hall–Kier alpha value is -3.38. The molecule has 0 aromatic heterocycles. The number of piperidine rings is 1. The highest BCUT2D eigenvalue weighted by atomic mass is 16.6. The third-order valence-corrected chi connectivity index (χ3v) is 6.81. The number of benzene rings is 1. The lowest BCUT2D eigenvalue weighted by molar-refractivity contribution is -0.136. The maximum absolute atomic E-state index is 13.1. The normalized spacial score (nSPS) is 21.0. The molecule has 4 amide bonds. The number of hydrogen-bond acceptors (Lipinski definition) is 6. The summed E-state index contributed by atoms with van der Waals surface area (Å²) < 4.78 is 5.49. The van der Waals surface area contributed by atoms with Crippen molar-refractivity contribution in [3.05, 3.63) is 34.9 Å². The number of hydrogen-bond donors (Lipinski definition) is 1. The number of nitrogens with one attached hydrogen (secondary N) is 1. The lowest BCUT2D eigenvalue weighted by atomic mass is 9.99. The van der Waals surface area contributed by atoms with E-state index in [0.29, 0.717) is 44.7 Å². The molecule has 0 radical (unpaired) electrons. The molecule has 1 unspecified atom stereocenters. The third kappa shape index (κ3) is 5.39. The van der Waals surface area contributed by atoms with Gasteiger partial charge in [0.2, 0.25) is 11.8 Å². The topological polar surface area (TPSA) is 99.3 Å². The fourth-order valence-electron chi connectivity index (χ4n) is 4.78. The van der Waals surface area contributed by atoms with Crippen molar-refractivity contribution in [1.29, 1.82) is 0 Å². The van der Waals surface area contributed by atoms with E-state index in [-0.39, 0.29) is 24.3 Å². The number of piperazine rings is 1. The Morgan fingerprint density at radius 1 is 1.06 bits per heavy atom. The first-order valence-electron chi connectivity index (χ1n) is 12.4. The van der Waals surface area contributed by atoms with Crippen molar-refractivity contribution < 1.29 is 23.9 Å². The van der Waals surface area contributed by atoms with Crippen LogP contribution >= 0.6 is 0 Å². The SMILES string of the molecule is CC(C)(C)OC(=O)N1CCN(C(C)(C)C#Cc2cccc3c2CN(C2CCC(=O)NC2=O)C3=O)CC1. The van der Waals surface area contributed by atoms with E-state index < -0.39 is 23.1 Å². The van der Waals surface area contributed by atoms with Crippen molar-refractivity contribution in [3.63, 3.8) is 0 Å². The molecule has 1 aromatic rings. The van der Waals surface area contributed by atoms with Crippen LogP contribution in [0, 0.1) is 11.8 Å². The van der Waals surface area contributed by atoms with Crippen LogP contribution in [0.5, 0.6) is 0 Å². The van der Waals surface area contributed by atoms with Crippen molar-refractivity contribution in [2.75, 3.05) is 26.2 Å². The Labute approximate surface area is 212 Å². The highest BCUT2D eigenvalue weighted by molar-refractivity contribution is 6.05. The summed E-state index contributed by atoms with van der Waals surface area (Å²) in [7, 11) is 0. The van der Waals surface area contributed by atoms with Crippen LogP contribution in [-0.2, 0) is 20.9 Å². The molecule has 2 fully saturated rings. The van der Waals surface area contributed by atoms with E-state index in [9.17, 15) is 19.2 Å². The van der Waals surface area contributed by atoms with E-state index in [4.69, 9.17) is 4.74 Å². The molecule has 1 atom stereocenters. The summed E-state index contributed by atoms with van der Waals surface area (Å²) in [6.45, 7) is 12.4. The van der Waals surface area contributed by atoms with Crippen LogP contribution in [0.2, 0.25) is 0 Å². The molecule has 1 N–H and O–H groups in total. The van der Waals surface area contributed by atoms with E-state index in [2.05, 4.69) is 22.1 Å². The van der Waals surface area contributed by atoms with Crippen LogP contribution in [-0.4, -0.2) is 81.9 Å². The smallest absolute Gasteiger partial charge is 0.410 e. The van der Waals surface area contributed by atoms with Crippen LogP contribution < -0.4 is 5.32 Å². The first-order chi connectivity index (χ1) is 16.9. The van der Waals surface area contributed by atoms with E-state index >= 15 is 0 Å². The number of imide groups is 1. The molecule has 4 rings (SSSR count). The van der Waals surface area contributed by atoms with Crippen LogP contribution in [0.15, 0.2) is 18.2 Å². The number of ether oxygens (including phenoxy) is 1. The molecular weight excluding hydrogens is 460 g/mol. The summed E-state index contributed by atoms with van der Waals surface area (Å²) in [5.74, 6) is 5.71. The van der Waals surface area contributed by atoms with E-state index in [0.717, 1.165) is 11.1 Å². The van der Waals surface area contributed by atoms with Gasteiger partial charge in [-0.05, 0) is 58.7 Å². The number of fused-ring (bicyclic) bond motifs is 1. The quantitative estimate of drug-likeness (QED) is 0.500. The molecule has 3 aliphatic heterocycles. The third-order valence-electron chi connectivity index (χ3n) is 6.81. The standard InChI is InChI=1S/C27H34N4O5/c1-26(2,3)36-25(35)29-13-15-30(16-14-29)27(4,5)12-11-18-7-6-8-19-20(18)17-31(24(19)34)21-9-10-22(32)28-23(21)33/h6-8,21H,9-10,13-17H2,1-5H3,(H,28,32,33). The summed E-state index contributed by atoms with van der Waals surface area (Å²) in [4.78, 5) is 54.8. The summed E-state index contributed by atoms with van der Waals surface area (Å²) in [6, 6.07) is 4.81. The van der Waals surface area contributed by atoms with Crippen molar-refractivity contribution >= 4 is 23.8 Å². The monoisotopic (exact) mass is 494 g/mol. The first-order valence-corrected chi connectivity index (χ1v) is 12.4. The van der Waals surface area contributed by atoms with Crippen LogP contribution in [0.1, 0.15) is 68.9 Å². The van der Waals surface area contributed by atoms with Crippen molar-refractivity contribution in [2.24, 2.45) is 0 Å². The molecule has 9 nitrogen and oxygen atoms in total. The van der Waals surface area contributed by atoms with Crippen molar-refractivity contribution in [3.8, 4) is 11.8 Å². The summed E-state index contributed by atoms with van der Waals surface area (Å²) in [5.41, 5.74) is 1.15. The van der Waals surface area contributed by atoms with E-state index in [1.165, 1.54) is 0 Å². The van der Waals surface area contributed by atoms with Gasteiger partial charge < -0.3 is 14.5 Å². The lowest BCUT2D eigenvalue weighted by Crippen LogP contribution is -2.55. The Morgan fingerprint density at radius 2 is 1.75 bits per heavy atom. The summed E-state index contributed by atoms with van der Waals surface area (Å²) in [6.07, 6.45) is 0.253. The van der Waals surface area contributed by atoms with Gasteiger partial charge in [-0.1, -0.05) is 17.9 Å². The van der Waals surface area contributed by atoms with Gasteiger partial charge in [-0.25, -0.2) is 4.79 Å². The highest BCUT2D eigenvalue weighted by Gasteiger charge is 2.40. The minimum absolute atomic E-state index is 0.208. The zero-order chi connectivity index (χ0) is 26.3. The Kier molecular flexibility index (Phi) is 6.84. The largest absolute Gasteiger partial charge is 0.444 e. The van der Waals surface area contributed by atoms with Crippen LogP contribution in [0.25, 0.3) is 0 Å². The fourth-order valence-corrected chi connectivity index (χ4v) is 4.78. The van der Waals surface area contributed by atoms with Gasteiger partial charge in [-0.15, -0.1) is 0 Å². The summed E-state index contributed by atoms with van der Waals surface area (Å²) >= 11 is 0. The second-order valence-corrected chi connectivity index (χ2v) is 11.0. The number of rotatable bonds is 2. The van der Waals surface area contributed by atoms with Gasteiger partial charge in [0.25, 0.3) is 5.91 Å². The molecule has 1 aromatic carbocycles. The molecule has 36 heavy (non-hydrogen) atoms. The van der Waals surface area contributed by atoms with Gasteiger partial charge in [-0.3, -0.25) is 24.6 Å². The molecule has 3 aliphatic rings. The molecule has 0 aliphatic carbocycles. The second kappa shape index (κ2) is 9.58. The fraction of sp³-hybridized carbons (Fsp3) is 0.556. The predicted molar refractivity (Wildman–Crippen MR) is 133 cm³/mol. The lowest BCUT2D eigenvalue weighted by Gasteiger charge is -2.41. The Bertz CT molecular complexity index is 1150. The van der Waals surface area contributed by atoms with Crippen molar-refractivity contribution in [2.45, 2.75) is 71.2 Å². The van der Waals surface area contributed by atoms with Gasteiger partial charge in [-0.2, -0.15) is 0 Å². The van der Waals surface area contributed by atoms with E-state index in [1.54, 1.807) is 21.9 Å². The van der Waals surface area contributed by atoms with Crippen molar-refractivity contribution in [1.82, 2.24) is 20.0 Å². The van der Waals surface area contributed by atoms with Gasteiger partial charge in [0.15, 0.2) is 0 Å². The minimum Gasteiger partial charge on any atom is -0.444 e. The maximum atomic E-state index is 13.1. The molecule has 3 heterocycles. The molecule has 9 heteroatoms. The minimum atomic E-state index is -0.652. The number of amides is 4. The highest BCUT2D eigenvalue weighted by Crippen LogP contribution is 2.30. The Balaban J connectivity index is 1.45. The zero-order valence-electron chi connectivity index (χ0n) is 21.6. The molecule has 0 saturated carbocycles. The molecule has 192 valence electrons. The predicted octanol–water partition coefficient (Wildman–Crippen LogP) is 2.13. The number of carbonyl (C=O) groups is 4. The molecule has 0 spiro atoms. The number of carbonyl (C=O) groups excluding carboxylic acids is 4. The number of nitrogens with zero attached hydrogens (tertiary/aromatic N) is 3. The first kappa shape index (κ1) is 25.7. The summed E-state index contributed by atoms with van der Waals surface area (Å²) in [5, 5.41) is 2.33. The second-order valence-electron chi connectivity index (χ2n) is 11.0. The molecule has 2 saturated heterocycles. The van der Waals surface area contributed by atoms with E-state index in [1.807, 2.05) is 40.7 Å². The van der Waals surface area contributed by atoms with Gasteiger partial charge in [0.1, 0.15) is 11.6 Å². The average molecular weight is 495 g/mol. The Morgan fingerprint density at radius 3 is 2.39 bits per heavy atom. The van der Waals surface area contributed by atoms with Crippen LogP contribution in [0.3, 0.4) is 0 Å². The van der Waals surface area contributed by atoms with Gasteiger partial charge in [0.05, 0.1) is 5.54 Å². The molecular formula is C27H34N4O5. The maximum Gasteiger partial charge on any atom is 0.410 e. The molecule has 0 bridgehead atoms. The average Bonchev–Trinajstić information content (AvgIpc) is 3.13. The van der Waals surface area contributed by atoms with Crippen LogP contribution in [0.4, 0.5) is 4.79 Å².